The average Bonchev–Trinajstić information content (AvgIpc) is 3.16. The van der Waals surface area contributed by atoms with Gasteiger partial charge in [0.15, 0.2) is 0 Å². The largest absolute Gasteiger partial charge is 0.459 e. The van der Waals surface area contributed by atoms with Gasteiger partial charge in [-0.25, -0.2) is 13.1 Å². The first-order chi connectivity index (χ1) is 12.3. The number of anilines is 1. The van der Waals surface area contributed by atoms with Gasteiger partial charge in [-0.2, -0.15) is 0 Å². The van der Waals surface area contributed by atoms with E-state index in [1.807, 2.05) is 30.3 Å². The quantitative estimate of drug-likeness (QED) is 0.735. The molecule has 1 aliphatic rings. The second kappa shape index (κ2) is 5.96. The Hall–Kier alpha value is -2.64. The van der Waals surface area contributed by atoms with Crippen LogP contribution in [0.3, 0.4) is 0 Å². The van der Waals surface area contributed by atoms with Gasteiger partial charge in [-0.15, -0.1) is 0 Å². The zero-order chi connectivity index (χ0) is 18.5. The summed E-state index contributed by atoms with van der Waals surface area (Å²) in [5.41, 5.74) is 2.06. The molecule has 0 unspecified atom stereocenters. The van der Waals surface area contributed by atoms with Crippen LogP contribution in [0, 0.1) is 0 Å². The van der Waals surface area contributed by atoms with Gasteiger partial charge >= 0.3 is 0 Å². The molecule has 3 aromatic rings. The predicted octanol–water partition coefficient (Wildman–Crippen LogP) is 3.53. The SMILES string of the molecule is C[C@H](NS(=O)(=O)c1ccc2c(c1)[C@H](C)C(=O)N2)c1cc2ccccc2o1. The van der Waals surface area contributed by atoms with E-state index in [4.69, 9.17) is 4.42 Å². The van der Waals surface area contributed by atoms with Crippen molar-refractivity contribution in [1.29, 1.82) is 0 Å². The second-order valence-corrected chi connectivity index (χ2v) is 8.20. The highest BCUT2D eigenvalue weighted by Gasteiger charge is 2.29. The van der Waals surface area contributed by atoms with Crippen LogP contribution < -0.4 is 10.0 Å². The van der Waals surface area contributed by atoms with E-state index in [0.717, 1.165) is 5.39 Å². The molecule has 26 heavy (non-hydrogen) atoms. The Kier molecular flexibility index (Phi) is 3.86. The molecule has 0 saturated heterocycles. The first-order valence-electron chi connectivity index (χ1n) is 8.31. The summed E-state index contributed by atoms with van der Waals surface area (Å²) in [7, 11) is -3.76. The Balaban J connectivity index is 1.62. The van der Waals surface area contributed by atoms with Crippen LogP contribution in [0.1, 0.15) is 37.1 Å². The van der Waals surface area contributed by atoms with Gasteiger partial charge in [0, 0.05) is 11.1 Å². The van der Waals surface area contributed by atoms with Gasteiger partial charge in [0.2, 0.25) is 15.9 Å². The molecular weight excluding hydrogens is 352 g/mol. The summed E-state index contributed by atoms with van der Waals surface area (Å²) in [6, 6.07) is 13.5. The topological polar surface area (TPSA) is 88.4 Å². The molecule has 0 saturated carbocycles. The molecule has 2 heterocycles. The molecule has 2 N–H and O–H groups in total. The number of furan rings is 1. The summed E-state index contributed by atoms with van der Waals surface area (Å²) in [6.45, 7) is 3.48. The van der Waals surface area contributed by atoms with Gasteiger partial charge in [-0.05, 0) is 49.7 Å². The van der Waals surface area contributed by atoms with Crippen molar-refractivity contribution in [2.75, 3.05) is 5.32 Å². The molecule has 0 fully saturated rings. The lowest BCUT2D eigenvalue weighted by molar-refractivity contribution is -0.116. The molecule has 4 rings (SSSR count). The Morgan fingerprint density at radius 1 is 1.15 bits per heavy atom. The molecule has 0 aliphatic carbocycles. The Labute approximate surface area is 151 Å². The number of para-hydroxylation sites is 1. The Morgan fingerprint density at radius 3 is 2.69 bits per heavy atom. The van der Waals surface area contributed by atoms with Crippen molar-refractivity contribution in [1.82, 2.24) is 4.72 Å². The van der Waals surface area contributed by atoms with Crippen molar-refractivity contribution in [3.8, 4) is 0 Å². The molecule has 0 radical (unpaired) electrons. The number of carbonyl (C=O) groups excluding carboxylic acids is 1. The molecule has 6 nitrogen and oxygen atoms in total. The van der Waals surface area contributed by atoms with Gasteiger partial charge in [-0.1, -0.05) is 18.2 Å². The van der Waals surface area contributed by atoms with Crippen LogP contribution in [0.4, 0.5) is 5.69 Å². The number of nitrogens with one attached hydrogen (secondary N) is 2. The lowest BCUT2D eigenvalue weighted by Gasteiger charge is -2.13. The van der Waals surface area contributed by atoms with E-state index in [1.54, 1.807) is 26.0 Å². The summed E-state index contributed by atoms with van der Waals surface area (Å²) in [4.78, 5) is 11.9. The fraction of sp³-hybridized carbons (Fsp3) is 0.211. The Bertz CT molecular complexity index is 1080. The van der Waals surface area contributed by atoms with Crippen LogP contribution in [0.15, 0.2) is 57.8 Å². The number of fused-ring (bicyclic) bond motifs is 2. The van der Waals surface area contributed by atoms with E-state index < -0.39 is 16.1 Å². The minimum Gasteiger partial charge on any atom is -0.459 e. The van der Waals surface area contributed by atoms with Crippen molar-refractivity contribution in [3.63, 3.8) is 0 Å². The van der Waals surface area contributed by atoms with Gasteiger partial charge in [0.05, 0.1) is 16.9 Å². The molecule has 0 spiro atoms. The summed E-state index contributed by atoms with van der Waals surface area (Å²) in [5, 5.41) is 3.66. The van der Waals surface area contributed by atoms with Crippen molar-refractivity contribution in [2.45, 2.75) is 30.7 Å². The summed E-state index contributed by atoms with van der Waals surface area (Å²) in [5.74, 6) is 0.0484. The normalized spacial score (nSPS) is 17.9. The van der Waals surface area contributed by atoms with E-state index in [-0.39, 0.29) is 16.7 Å². The number of hydrogen-bond acceptors (Lipinski definition) is 4. The highest BCUT2D eigenvalue weighted by molar-refractivity contribution is 7.89. The van der Waals surface area contributed by atoms with Crippen molar-refractivity contribution < 1.29 is 17.6 Å². The summed E-state index contributed by atoms with van der Waals surface area (Å²) < 4.78 is 33.9. The molecule has 1 amide bonds. The monoisotopic (exact) mass is 370 g/mol. The lowest BCUT2D eigenvalue weighted by atomic mass is 10.0. The van der Waals surface area contributed by atoms with Gasteiger partial charge < -0.3 is 9.73 Å². The van der Waals surface area contributed by atoms with Gasteiger partial charge in [-0.3, -0.25) is 4.79 Å². The van der Waals surface area contributed by atoms with Crippen molar-refractivity contribution in [2.24, 2.45) is 0 Å². The van der Waals surface area contributed by atoms with Crippen LogP contribution in [-0.4, -0.2) is 14.3 Å². The number of sulfonamides is 1. The number of benzene rings is 2. The Morgan fingerprint density at radius 2 is 1.92 bits per heavy atom. The minimum absolute atomic E-state index is 0.127. The van der Waals surface area contributed by atoms with Crippen LogP contribution >= 0.6 is 0 Å². The first-order valence-corrected chi connectivity index (χ1v) is 9.79. The van der Waals surface area contributed by atoms with Crippen molar-refractivity contribution >= 4 is 32.6 Å². The van der Waals surface area contributed by atoms with E-state index in [0.29, 0.717) is 22.6 Å². The van der Waals surface area contributed by atoms with E-state index >= 15 is 0 Å². The summed E-state index contributed by atoms with van der Waals surface area (Å²) >= 11 is 0. The minimum atomic E-state index is -3.76. The molecular formula is C19H18N2O4S. The third-order valence-electron chi connectivity index (χ3n) is 4.65. The molecule has 2 atom stereocenters. The molecule has 1 aliphatic heterocycles. The molecule has 0 bridgehead atoms. The maximum atomic E-state index is 12.8. The molecule has 134 valence electrons. The van der Waals surface area contributed by atoms with Crippen LogP contribution in [0.5, 0.6) is 0 Å². The van der Waals surface area contributed by atoms with Gasteiger partial charge in [0.1, 0.15) is 11.3 Å². The zero-order valence-electron chi connectivity index (χ0n) is 14.3. The number of carbonyl (C=O) groups is 1. The maximum absolute atomic E-state index is 12.8. The first kappa shape index (κ1) is 16.8. The second-order valence-electron chi connectivity index (χ2n) is 6.49. The summed E-state index contributed by atoms with van der Waals surface area (Å²) in [6.07, 6.45) is 0. The third-order valence-corrected chi connectivity index (χ3v) is 6.19. The van der Waals surface area contributed by atoms with Gasteiger partial charge in [0.25, 0.3) is 0 Å². The predicted molar refractivity (Wildman–Crippen MR) is 98.4 cm³/mol. The fourth-order valence-corrected chi connectivity index (χ4v) is 4.38. The number of rotatable bonds is 4. The van der Waals surface area contributed by atoms with E-state index in [2.05, 4.69) is 10.0 Å². The highest BCUT2D eigenvalue weighted by atomic mass is 32.2. The standard InChI is InChI=1S/C19H18N2O4S/c1-11-15-10-14(7-8-16(15)20-19(11)22)26(23,24)21-12(2)18-9-13-5-3-4-6-17(13)25-18/h3-12,21H,1-2H3,(H,20,22)/t11-,12-/m0/s1. The van der Waals surface area contributed by atoms with Crippen LogP contribution in [0.25, 0.3) is 11.0 Å². The van der Waals surface area contributed by atoms with Crippen LogP contribution in [-0.2, 0) is 14.8 Å². The molecule has 2 aromatic carbocycles. The lowest BCUT2D eigenvalue weighted by Crippen LogP contribution is -2.26. The fourth-order valence-electron chi connectivity index (χ4n) is 3.14. The van der Waals surface area contributed by atoms with E-state index in [1.165, 1.54) is 6.07 Å². The molecule has 1 aromatic heterocycles. The van der Waals surface area contributed by atoms with Crippen LogP contribution in [0.2, 0.25) is 0 Å². The highest BCUT2D eigenvalue weighted by Crippen LogP contribution is 2.34. The molecule has 7 heteroatoms. The maximum Gasteiger partial charge on any atom is 0.241 e. The zero-order valence-corrected chi connectivity index (χ0v) is 15.1. The number of hydrogen-bond donors (Lipinski definition) is 2. The van der Waals surface area contributed by atoms with Crippen molar-refractivity contribution in [3.05, 3.63) is 59.9 Å². The third kappa shape index (κ3) is 2.79. The average molecular weight is 370 g/mol. The smallest absolute Gasteiger partial charge is 0.241 e. The van der Waals surface area contributed by atoms with E-state index in [9.17, 15) is 13.2 Å². The number of amides is 1.